The number of rotatable bonds is 2. The van der Waals surface area contributed by atoms with Crippen LogP contribution in [0.25, 0.3) is 0 Å². The quantitative estimate of drug-likeness (QED) is 0.591. The Morgan fingerprint density at radius 3 is 2.81 bits per heavy atom. The molecular weight excluding hydrogens is 210 g/mol. The van der Waals surface area contributed by atoms with E-state index in [2.05, 4.69) is 10.6 Å². The predicted molar refractivity (Wildman–Crippen MR) is 56.8 cm³/mol. The lowest BCUT2D eigenvalue weighted by Crippen LogP contribution is -2.55. The summed E-state index contributed by atoms with van der Waals surface area (Å²) in [6.45, 7) is 3.82. The van der Waals surface area contributed by atoms with Crippen LogP contribution < -0.4 is 10.6 Å². The SMILES string of the molecule is O=C1NCCNC1CC(=O)N1CCOCC1. The Kier molecular flexibility index (Phi) is 3.74. The van der Waals surface area contributed by atoms with Crippen molar-refractivity contribution in [3.8, 4) is 0 Å². The highest BCUT2D eigenvalue weighted by Crippen LogP contribution is 2.04. The van der Waals surface area contributed by atoms with Gasteiger partial charge in [-0.3, -0.25) is 9.59 Å². The summed E-state index contributed by atoms with van der Waals surface area (Å²) >= 11 is 0. The second-order valence-electron chi connectivity index (χ2n) is 4.00. The standard InChI is InChI=1S/C10H17N3O3/c14-9(13-3-5-16-6-4-13)7-8-10(15)12-2-1-11-8/h8,11H,1-7H2,(H,12,15). The molecule has 2 aliphatic rings. The third-order valence-electron chi connectivity index (χ3n) is 2.87. The summed E-state index contributed by atoms with van der Waals surface area (Å²) in [5.74, 6) is -0.0503. The van der Waals surface area contributed by atoms with Gasteiger partial charge in [-0.1, -0.05) is 0 Å². The van der Waals surface area contributed by atoms with Crippen molar-refractivity contribution >= 4 is 11.8 Å². The first-order chi connectivity index (χ1) is 7.77. The van der Waals surface area contributed by atoms with E-state index in [-0.39, 0.29) is 24.3 Å². The Balaban J connectivity index is 1.83. The molecule has 2 N–H and O–H groups in total. The normalized spacial score (nSPS) is 26.4. The van der Waals surface area contributed by atoms with Gasteiger partial charge in [0.1, 0.15) is 0 Å². The Bertz CT molecular complexity index is 276. The predicted octanol–water partition coefficient (Wildman–Crippen LogP) is -1.68. The maximum Gasteiger partial charge on any atom is 0.237 e. The molecule has 16 heavy (non-hydrogen) atoms. The van der Waals surface area contributed by atoms with Gasteiger partial charge in [0, 0.05) is 26.2 Å². The Morgan fingerprint density at radius 1 is 1.38 bits per heavy atom. The van der Waals surface area contributed by atoms with Crippen molar-refractivity contribution in [2.75, 3.05) is 39.4 Å². The van der Waals surface area contributed by atoms with Crippen LogP contribution in [0.5, 0.6) is 0 Å². The van der Waals surface area contributed by atoms with E-state index in [0.29, 0.717) is 32.8 Å². The number of hydrogen-bond donors (Lipinski definition) is 2. The molecule has 0 bridgehead atoms. The number of piperazine rings is 1. The molecule has 2 amide bonds. The van der Waals surface area contributed by atoms with Crippen LogP contribution in [0.15, 0.2) is 0 Å². The first-order valence-corrected chi connectivity index (χ1v) is 5.64. The van der Waals surface area contributed by atoms with Crippen LogP contribution in [0.4, 0.5) is 0 Å². The van der Waals surface area contributed by atoms with Crippen molar-refractivity contribution in [3.05, 3.63) is 0 Å². The van der Waals surface area contributed by atoms with Crippen molar-refractivity contribution in [1.82, 2.24) is 15.5 Å². The molecule has 2 fully saturated rings. The monoisotopic (exact) mass is 227 g/mol. The highest BCUT2D eigenvalue weighted by molar-refractivity contribution is 5.88. The fourth-order valence-corrected chi connectivity index (χ4v) is 1.93. The minimum atomic E-state index is -0.371. The minimum Gasteiger partial charge on any atom is -0.378 e. The molecule has 2 rings (SSSR count). The second kappa shape index (κ2) is 5.27. The zero-order valence-corrected chi connectivity index (χ0v) is 9.20. The van der Waals surface area contributed by atoms with Crippen LogP contribution in [-0.4, -0.2) is 62.1 Å². The lowest BCUT2D eigenvalue weighted by atomic mass is 10.1. The van der Waals surface area contributed by atoms with Gasteiger partial charge in [0.15, 0.2) is 0 Å². The maximum absolute atomic E-state index is 11.9. The van der Waals surface area contributed by atoms with Crippen LogP contribution in [-0.2, 0) is 14.3 Å². The summed E-state index contributed by atoms with van der Waals surface area (Å²) in [4.78, 5) is 25.1. The summed E-state index contributed by atoms with van der Waals surface area (Å²) in [5.41, 5.74) is 0. The number of carbonyl (C=O) groups is 2. The van der Waals surface area contributed by atoms with Crippen molar-refractivity contribution in [2.24, 2.45) is 0 Å². The van der Waals surface area contributed by atoms with Gasteiger partial charge in [0.2, 0.25) is 11.8 Å². The lowest BCUT2D eigenvalue weighted by Gasteiger charge is -2.29. The van der Waals surface area contributed by atoms with E-state index in [4.69, 9.17) is 4.74 Å². The van der Waals surface area contributed by atoms with Crippen LogP contribution in [0, 0.1) is 0 Å². The van der Waals surface area contributed by atoms with E-state index in [1.165, 1.54) is 0 Å². The Morgan fingerprint density at radius 2 is 2.12 bits per heavy atom. The highest BCUT2D eigenvalue weighted by atomic mass is 16.5. The van der Waals surface area contributed by atoms with E-state index in [9.17, 15) is 9.59 Å². The van der Waals surface area contributed by atoms with E-state index in [1.807, 2.05) is 0 Å². The first kappa shape index (κ1) is 11.3. The number of nitrogens with zero attached hydrogens (tertiary/aromatic N) is 1. The number of morpholine rings is 1. The third kappa shape index (κ3) is 2.70. The molecule has 6 nitrogen and oxygen atoms in total. The topological polar surface area (TPSA) is 70.7 Å². The smallest absolute Gasteiger partial charge is 0.237 e. The van der Waals surface area contributed by atoms with Crippen LogP contribution in [0.1, 0.15) is 6.42 Å². The molecule has 2 aliphatic heterocycles. The molecule has 0 spiro atoms. The summed E-state index contributed by atoms with van der Waals surface area (Å²) < 4.78 is 5.17. The molecule has 1 atom stereocenters. The largest absolute Gasteiger partial charge is 0.378 e. The van der Waals surface area contributed by atoms with Gasteiger partial charge in [-0.2, -0.15) is 0 Å². The van der Waals surface area contributed by atoms with Crippen molar-refractivity contribution in [1.29, 1.82) is 0 Å². The molecule has 0 radical (unpaired) electrons. The molecule has 6 heteroatoms. The van der Waals surface area contributed by atoms with E-state index in [1.54, 1.807) is 4.90 Å². The molecule has 0 aromatic carbocycles. The van der Waals surface area contributed by atoms with Gasteiger partial charge in [-0.15, -0.1) is 0 Å². The van der Waals surface area contributed by atoms with Crippen LogP contribution >= 0.6 is 0 Å². The summed E-state index contributed by atoms with van der Waals surface area (Å²) in [6.07, 6.45) is 0.242. The van der Waals surface area contributed by atoms with Gasteiger partial charge in [-0.05, 0) is 0 Å². The number of nitrogens with one attached hydrogen (secondary N) is 2. The van der Waals surface area contributed by atoms with E-state index < -0.39 is 0 Å². The summed E-state index contributed by atoms with van der Waals surface area (Å²) in [6, 6.07) is -0.371. The Hall–Kier alpha value is -1.14. The zero-order chi connectivity index (χ0) is 11.4. The van der Waals surface area contributed by atoms with Crippen molar-refractivity contribution < 1.29 is 14.3 Å². The van der Waals surface area contributed by atoms with Crippen molar-refractivity contribution in [3.63, 3.8) is 0 Å². The fourth-order valence-electron chi connectivity index (χ4n) is 1.93. The van der Waals surface area contributed by atoms with Gasteiger partial charge < -0.3 is 20.3 Å². The molecule has 0 aromatic rings. The summed E-state index contributed by atoms with van der Waals surface area (Å²) in [7, 11) is 0. The van der Waals surface area contributed by atoms with E-state index in [0.717, 1.165) is 6.54 Å². The van der Waals surface area contributed by atoms with Gasteiger partial charge >= 0.3 is 0 Å². The number of hydrogen-bond acceptors (Lipinski definition) is 4. The second-order valence-corrected chi connectivity index (χ2v) is 4.00. The maximum atomic E-state index is 11.9. The van der Waals surface area contributed by atoms with Crippen LogP contribution in [0.3, 0.4) is 0 Å². The molecule has 0 aliphatic carbocycles. The molecule has 0 saturated carbocycles. The van der Waals surface area contributed by atoms with Gasteiger partial charge in [0.25, 0.3) is 0 Å². The summed E-state index contributed by atoms with van der Waals surface area (Å²) in [5, 5.41) is 5.79. The molecule has 90 valence electrons. The zero-order valence-electron chi connectivity index (χ0n) is 9.20. The van der Waals surface area contributed by atoms with Crippen LogP contribution in [0.2, 0.25) is 0 Å². The molecule has 1 unspecified atom stereocenters. The highest BCUT2D eigenvalue weighted by Gasteiger charge is 2.27. The molecule has 2 heterocycles. The average Bonchev–Trinajstić information content (AvgIpc) is 2.33. The van der Waals surface area contributed by atoms with Gasteiger partial charge in [0.05, 0.1) is 25.7 Å². The molecular formula is C10H17N3O3. The van der Waals surface area contributed by atoms with Crippen molar-refractivity contribution in [2.45, 2.75) is 12.5 Å². The first-order valence-electron chi connectivity index (χ1n) is 5.64. The number of carbonyl (C=O) groups excluding carboxylic acids is 2. The molecule has 0 aromatic heterocycles. The lowest BCUT2D eigenvalue weighted by molar-refractivity contribution is -0.138. The third-order valence-corrected chi connectivity index (χ3v) is 2.87. The van der Waals surface area contributed by atoms with Gasteiger partial charge in [-0.25, -0.2) is 0 Å². The molecule has 2 saturated heterocycles. The number of amides is 2. The minimum absolute atomic E-state index is 0.0258. The Labute approximate surface area is 94.3 Å². The fraction of sp³-hybridized carbons (Fsp3) is 0.800. The average molecular weight is 227 g/mol. The van der Waals surface area contributed by atoms with E-state index >= 15 is 0 Å². The number of ether oxygens (including phenoxy) is 1.